The van der Waals surface area contributed by atoms with Gasteiger partial charge < -0.3 is 10.6 Å². The molecule has 6 heteroatoms. The normalized spacial score (nSPS) is 20.8. The Balaban J connectivity index is 1.71. The first-order valence-corrected chi connectivity index (χ1v) is 8.56. The number of aryl methyl sites for hydroxylation is 1. The van der Waals surface area contributed by atoms with Gasteiger partial charge in [-0.1, -0.05) is 37.5 Å². The van der Waals surface area contributed by atoms with Gasteiger partial charge in [0.15, 0.2) is 10.2 Å². The Hall–Kier alpha value is -1.40. The van der Waals surface area contributed by atoms with Crippen molar-refractivity contribution in [3.8, 4) is 0 Å². The molecule has 0 saturated heterocycles. The molecule has 0 aliphatic heterocycles. The van der Waals surface area contributed by atoms with Gasteiger partial charge in [-0.2, -0.15) is 0 Å². The maximum absolute atomic E-state index is 5.32. The maximum atomic E-state index is 5.32. The van der Waals surface area contributed by atoms with E-state index in [0.29, 0.717) is 22.2 Å². The quantitative estimate of drug-likeness (QED) is 0.491. The van der Waals surface area contributed by atoms with Gasteiger partial charge in [-0.3, -0.25) is 10.9 Å². The zero-order valence-corrected chi connectivity index (χ0v) is 14.7. The van der Waals surface area contributed by atoms with E-state index in [9.17, 15) is 0 Å². The topological polar surface area (TPSA) is 48.1 Å². The Morgan fingerprint density at radius 3 is 2.32 bits per heavy atom. The molecule has 1 aromatic rings. The van der Waals surface area contributed by atoms with Gasteiger partial charge in [-0.15, -0.1) is 0 Å². The number of benzene rings is 1. The summed E-state index contributed by atoms with van der Waals surface area (Å²) in [6.45, 7) is 4.33. The van der Waals surface area contributed by atoms with Crippen LogP contribution in [-0.4, -0.2) is 16.3 Å². The Morgan fingerprint density at radius 2 is 1.64 bits per heavy atom. The van der Waals surface area contributed by atoms with E-state index in [2.05, 4.69) is 35.3 Å². The second-order valence-electron chi connectivity index (χ2n) is 5.91. The number of hydrogen-bond donors (Lipinski definition) is 4. The Morgan fingerprint density at radius 1 is 1.00 bits per heavy atom. The fourth-order valence-electron chi connectivity index (χ4n) is 2.65. The molecule has 2 atom stereocenters. The SMILES string of the molecule is Cc1ccc(NC(=S)NNC(=S)N[C@@H]2CCCC[C@@H]2C)cc1. The maximum Gasteiger partial charge on any atom is 0.189 e. The molecule has 0 bridgehead atoms. The Bertz CT molecular complexity index is 515. The molecule has 1 aliphatic rings. The lowest BCUT2D eigenvalue weighted by Crippen LogP contribution is -2.52. The van der Waals surface area contributed by atoms with Gasteiger partial charge >= 0.3 is 0 Å². The zero-order chi connectivity index (χ0) is 15.9. The minimum absolute atomic E-state index is 0.453. The summed E-state index contributed by atoms with van der Waals surface area (Å²) in [6.07, 6.45) is 5.03. The van der Waals surface area contributed by atoms with E-state index in [1.807, 2.05) is 24.3 Å². The summed E-state index contributed by atoms with van der Waals surface area (Å²) in [5.74, 6) is 0.658. The van der Waals surface area contributed by atoms with Crippen molar-refractivity contribution in [1.29, 1.82) is 0 Å². The lowest BCUT2D eigenvalue weighted by Gasteiger charge is -2.30. The van der Waals surface area contributed by atoms with E-state index < -0.39 is 0 Å². The number of rotatable bonds is 2. The zero-order valence-electron chi connectivity index (χ0n) is 13.1. The minimum Gasteiger partial charge on any atom is -0.358 e. The molecule has 0 heterocycles. The Labute approximate surface area is 143 Å². The molecule has 0 aromatic heterocycles. The molecule has 0 spiro atoms. The molecule has 0 radical (unpaired) electrons. The van der Waals surface area contributed by atoms with Crippen molar-refractivity contribution in [2.75, 3.05) is 5.32 Å². The lowest BCUT2D eigenvalue weighted by molar-refractivity contribution is 0.308. The van der Waals surface area contributed by atoms with Crippen LogP contribution >= 0.6 is 24.4 Å². The van der Waals surface area contributed by atoms with Gasteiger partial charge in [0.25, 0.3) is 0 Å². The average Bonchev–Trinajstić information content (AvgIpc) is 2.50. The second kappa shape index (κ2) is 8.29. The fraction of sp³-hybridized carbons (Fsp3) is 0.500. The smallest absolute Gasteiger partial charge is 0.189 e. The molecule has 0 unspecified atom stereocenters. The van der Waals surface area contributed by atoms with Gasteiger partial charge in [-0.05, 0) is 62.3 Å². The number of anilines is 1. The van der Waals surface area contributed by atoms with Gasteiger partial charge in [0.05, 0.1) is 0 Å². The van der Waals surface area contributed by atoms with Crippen molar-refractivity contribution in [3.05, 3.63) is 29.8 Å². The molecule has 0 amide bonds. The van der Waals surface area contributed by atoms with Crippen LogP contribution in [0.5, 0.6) is 0 Å². The summed E-state index contributed by atoms with van der Waals surface area (Å²) in [4.78, 5) is 0. The van der Waals surface area contributed by atoms with E-state index >= 15 is 0 Å². The third-order valence-corrected chi connectivity index (χ3v) is 4.45. The molecule has 120 valence electrons. The van der Waals surface area contributed by atoms with Gasteiger partial charge in [0, 0.05) is 11.7 Å². The summed E-state index contributed by atoms with van der Waals surface area (Å²) in [5, 5.41) is 7.55. The molecule has 1 saturated carbocycles. The second-order valence-corrected chi connectivity index (χ2v) is 6.73. The number of hydrogen-bond acceptors (Lipinski definition) is 2. The van der Waals surface area contributed by atoms with E-state index in [-0.39, 0.29) is 0 Å². The van der Waals surface area contributed by atoms with Crippen molar-refractivity contribution in [2.24, 2.45) is 5.92 Å². The van der Waals surface area contributed by atoms with Crippen LogP contribution in [0.15, 0.2) is 24.3 Å². The van der Waals surface area contributed by atoms with Crippen molar-refractivity contribution in [1.82, 2.24) is 16.2 Å². The van der Waals surface area contributed by atoms with Crippen LogP contribution in [0.2, 0.25) is 0 Å². The molecule has 1 aromatic carbocycles. The first-order valence-electron chi connectivity index (χ1n) is 7.75. The van der Waals surface area contributed by atoms with E-state index in [1.165, 1.54) is 31.2 Å². The van der Waals surface area contributed by atoms with Crippen LogP contribution in [0, 0.1) is 12.8 Å². The summed E-state index contributed by atoms with van der Waals surface area (Å²) in [7, 11) is 0. The van der Waals surface area contributed by atoms with Crippen LogP contribution in [-0.2, 0) is 0 Å². The van der Waals surface area contributed by atoms with Gasteiger partial charge in [0.2, 0.25) is 0 Å². The van der Waals surface area contributed by atoms with Crippen molar-refractivity contribution in [2.45, 2.75) is 45.6 Å². The number of thiocarbonyl (C=S) groups is 2. The summed E-state index contributed by atoms with van der Waals surface area (Å²) in [5.41, 5.74) is 8.03. The number of hydrazine groups is 1. The monoisotopic (exact) mass is 336 g/mol. The molecule has 4 nitrogen and oxygen atoms in total. The fourth-order valence-corrected chi connectivity index (χ4v) is 3.02. The van der Waals surface area contributed by atoms with Crippen LogP contribution in [0.1, 0.15) is 38.2 Å². The molecule has 22 heavy (non-hydrogen) atoms. The average molecular weight is 337 g/mol. The van der Waals surface area contributed by atoms with Crippen LogP contribution in [0.3, 0.4) is 0 Å². The molecular formula is C16H24N4S2. The van der Waals surface area contributed by atoms with Crippen molar-refractivity contribution < 1.29 is 0 Å². The van der Waals surface area contributed by atoms with E-state index in [1.54, 1.807) is 0 Å². The predicted octanol–water partition coefficient (Wildman–Crippen LogP) is 3.24. The summed E-state index contributed by atoms with van der Waals surface area (Å²) in [6, 6.07) is 8.51. The van der Waals surface area contributed by atoms with Gasteiger partial charge in [-0.25, -0.2) is 0 Å². The third-order valence-electron chi connectivity index (χ3n) is 4.03. The van der Waals surface area contributed by atoms with Gasteiger partial charge in [0.1, 0.15) is 0 Å². The van der Waals surface area contributed by atoms with Crippen molar-refractivity contribution >= 4 is 40.3 Å². The first-order chi connectivity index (χ1) is 10.5. The van der Waals surface area contributed by atoms with Crippen LogP contribution in [0.4, 0.5) is 5.69 Å². The molecular weight excluding hydrogens is 312 g/mol. The Kier molecular flexibility index (Phi) is 6.39. The minimum atomic E-state index is 0.453. The first kappa shape index (κ1) is 17.0. The third kappa shape index (κ3) is 5.42. The largest absolute Gasteiger partial charge is 0.358 e. The molecule has 1 aliphatic carbocycles. The van der Waals surface area contributed by atoms with Crippen molar-refractivity contribution in [3.63, 3.8) is 0 Å². The summed E-state index contributed by atoms with van der Waals surface area (Å²) >= 11 is 10.6. The van der Waals surface area contributed by atoms with Crippen LogP contribution < -0.4 is 21.5 Å². The lowest BCUT2D eigenvalue weighted by atomic mass is 9.86. The molecule has 2 rings (SSSR count). The van der Waals surface area contributed by atoms with E-state index in [4.69, 9.17) is 24.4 Å². The standard InChI is InChI=1S/C16H24N4S2/c1-11-7-9-13(10-8-11)17-15(21)19-20-16(22)18-14-6-4-3-5-12(14)2/h7-10,12,14H,3-6H2,1-2H3,(H2,17,19,21)(H2,18,20,22)/t12-,14+/m0/s1. The summed E-state index contributed by atoms with van der Waals surface area (Å²) < 4.78 is 0. The van der Waals surface area contributed by atoms with E-state index in [0.717, 1.165) is 5.69 Å². The number of nitrogens with one attached hydrogen (secondary N) is 4. The molecule has 4 N–H and O–H groups in total. The molecule has 1 fully saturated rings. The highest BCUT2D eigenvalue weighted by Gasteiger charge is 2.21. The highest BCUT2D eigenvalue weighted by molar-refractivity contribution is 7.80. The highest BCUT2D eigenvalue weighted by atomic mass is 32.1. The highest BCUT2D eigenvalue weighted by Crippen LogP contribution is 2.23. The van der Waals surface area contributed by atoms with Crippen LogP contribution in [0.25, 0.3) is 0 Å². The predicted molar refractivity (Wildman–Crippen MR) is 101 cm³/mol.